The van der Waals surface area contributed by atoms with Crippen LogP contribution in [0.4, 0.5) is 11.4 Å². The normalized spacial score (nSPS) is 27.4. The number of nitrogens with one attached hydrogen (secondary N) is 1. The Labute approximate surface area is 202 Å². The zero-order valence-electron chi connectivity index (χ0n) is 21.8. The van der Waals surface area contributed by atoms with Crippen molar-refractivity contribution in [2.45, 2.75) is 70.6 Å². The lowest BCUT2D eigenvalue weighted by molar-refractivity contribution is -0.117. The van der Waals surface area contributed by atoms with E-state index in [0.717, 1.165) is 12.8 Å². The molecular formula is C29H45N3O. The highest BCUT2D eigenvalue weighted by atomic mass is 16.3. The van der Waals surface area contributed by atoms with Gasteiger partial charge in [0.15, 0.2) is 0 Å². The summed E-state index contributed by atoms with van der Waals surface area (Å²) in [6.45, 7) is 6.71. The Bertz CT molecular complexity index is 796. The van der Waals surface area contributed by atoms with E-state index < -0.39 is 5.60 Å². The second-order valence-electron chi connectivity index (χ2n) is 10.5. The van der Waals surface area contributed by atoms with Gasteiger partial charge in [-0.3, -0.25) is 0 Å². The van der Waals surface area contributed by atoms with Gasteiger partial charge in [-0.25, -0.2) is 0 Å². The summed E-state index contributed by atoms with van der Waals surface area (Å²) in [6.07, 6.45) is 5.58. The van der Waals surface area contributed by atoms with Gasteiger partial charge >= 0.3 is 0 Å². The van der Waals surface area contributed by atoms with Crippen LogP contribution in [0.2, 0.25) is 0 Å². The van der Waals surface area contributed by atoms with Crippen molar-refractivity contribution in [3.8, 4) is 0 Å². The van der Waals surface area contributed by atoms with Crippen molar-refractivity contribution in [3.05, 3.63) is 59.7 Å². The number of rotatable bonds is 9. The zero-order valence-corrected chi connectivity index (χ0v) is 21.8. The summed E-state index contributed by atoms with van der Waals surface area (Å²) in [5.74, 6) is 0.244. The molecule has 2 aromatic rings. The van der Waals surface area contributed by atoms with Crippen LogP contribution in [0.5, 0.6) is 0 Å². The first-order valence-corrected chi connectivity index (χ1v) is 12.7. The Morgan fingerprint density at radius 2 is 1.15 bits per heavy atom. The molecule has 5 atom stereocenters. The molecule has 33 heavy (non-hydrogen) atoms. The van der Waals surface area contributed by atoms with Crippen molar-refractivity contribution in [1.82, 2.24) is 5.32 Å². The number of hydrogen-bond acceptors (Lipinski definition) is 4. The molecule has 1 saturated heterocycles. The lowest BCUT2D eigenvalue weighted by atomic mass is 9.64. The van der Waals surface area contributed by atoms with Crippen LogP contribution in [0.15, 0.2) is 48.5 Å². The second-order valence-corrected chi connectivity index (χ2v) is 10.5. The molecule has 0 saturated carbocycles. The fourth-order valence-electron chi connectivity index (χ4n) is 5.49. The highest BCUT2D eigenvalue weighted by Gasteiger charge is 2.50. The minimum absolute atomic E-state index is 0.104. The highest BCUT2D eigenvalue weighted by Crippen LogP contribution is 2.49. The Balaban J connectivity index is 1.95. The monoisotopic (exact) mass is 451 g/mol. The van der Waals surface area contributed by atoms with Crippen molar-refractivity contribution in [3.63, 3.8) is 0 Å². The van der Waals surface area contributed by atoms with E-state index in [1.165, 1.54) is 41.8 Å². The third kappa shape index (κ3) is 5.55. The van der Waals surface area contributed by atoms with Crippen LogP contribution >= 0.6 is 0 Å². The number of aliphatic hydroxyl groups is 1. The smallest absolute Gasteiger partial charge is 0.0734 e. The molecule has 4 nitrogen and oxygen atoms in total. The van der Waals surface area contributed by atoms with E-state index in [1.807, 2.05) is 0 Å². The fourth-order valence-corrected chi connectivity index (χ4v) is 5.49. The molecule has 0 amide bonds. The van der Waals surface area contributed by atoms with Crippen molar-refractivity contribution < 1.29 is 5.11 Å². The Kier molecular flexibility index (Phi) is 8.47. The predicted molar refractivity (Wildman–Crippen MR) is 142 cm³/mol. The molecule has 182 valence electrons. The molecule has 1 aliphatic rings. The Hall–Kier alpha value is -2.04. The molecule has 3 rings (SSSR count). The molecule has 2 N–H and O–H groups in total. The van der Waals surface area contributed by atoms with Crippen molar-refractivity contribution in [2.24, 2.45) is 11.8 Å². The summed E-state index contributed by atoms with van der Waals surface area (Å²) < 4.78 is 0. The van der Waals surface area contributed by atoms with E-state index in [2.05, 4.69) is 113 Å². The number of nitrogens with zero attached hydrogens (tertiary/aromatic N) is 2. The third-order valence-corrected chi connectivity index (χ3v) is 7.90. The van der Waals surface area contributed by atoms with Gasteiger partial charge in [0, 0.05) is 63.5 Å². The molecule has 0 radical (unpaired) electrons. The summed E-state index contributed by atoms with van der Waals surface area (Å²) in [6, 6.07) is 17.8. The van der Waals surface area contributed by atoms with Crippen LogP contribution in [0, 0.1) is 11.8 Å². The average Bonchev–Trinajstić information content (AvgIpc) is 2.81. The van der Waals surface area contributed by atoms with Crippen LogP contribution in [-0.4, -0.2) is 38.9 Å². The summed E-state index contributed by atoms with van der Waals surface area (Å²) in [7, 11) is 8.28. The van der Waals surface area contributed by atoms with Crippen LogP contribution < -0.4 is 15.1 Å². The Morgan fingerprint density at radius 1 is 0.727 bits per heavy atom. The van der Waals surface area contributed by atoms with Crippen LogP contribution in [0.25, 0.3) is 0 Å². The molecular weight excluding hydrogens is 406 g/mol. The largest absolute Gasteiger partial charge is 0.389 e. The van der Waals surface area contributed by atoms with Gasteiger partial charge in [-0.15, -0.1) is 0 Å². The number of benzene rings is 2. The molecule has 1 fully saturated rings. The maximum absolute atomic E-state index is 12.2. The molecule has 1 unspecified atom stereocenters. The van der Waals surface area contributed by atoms with E-state index in [1.54, 1.807) is 0 Å². The standard InChI is InChI=1S/C29H45N3O/c1-8-9-10-11-20-29(33)21(2)27(23-12-16-25(17-13-23)31(4)5)30-28(22(29)3)24-14-18-26(19-15-24)32(6)7/h12-19,21-22,27-28,30,33H,8-11,20H2,1-7H3/t21-,22+,27-,28+,29?. The first kappa shape index (κ1) is 25.6. The van der Waals surface area contributed by atoms with Crippen molar-refractivity contribution >= 4 is 11.4 Å². The van der Waals surface area contributed by atoms with Gasteiger partial charge in [-0.05, 0) is 41.8 Å². The lowest BCUT2D eigenvalue weighted by Gasteiger charge is -2.52. The maximum Gasteiger partial charge on any atom is 0.0734 e. The van der Waals surface area contributed by atoms with Crippen LogP contribution in [-0.2, 0) is 0 Å². The third-order valence-electron chi connectivity index (χ3n) is 7.90. The van der Waals surface area contributed by atoms with Gasteiger partial charge in [0.05, 0.1) is 5.60 Å². The fraction of sp³-hybridized carbons (Fsp3) is 0.586. The molecule has 2 aromatic carbocycles. The van der Waals surface area contributed by atoms with Gasteiger partial charge in [-0.1, -0.05) is 70.7 Å². The molecule has 1 aliphatic heterocycles. The maximum atomic E-state index is 12.2. The Morgan fingerprint density at radius 3 is 1.52 bits per heavy atom. The summed E-state index contributed by atoms with van der Waals surface area (Å²) in [5.41, 5.74) is 4.18. The summed E-state index contributed by atoms with van der Waals surface area (Å²) >= 11 is 0. The minimum atomic E-state index is -0.714. The first-order chi connectivity index (χ1) is 15.7. The van der Waals surface area contributed by atoms with E-state index in [-0.39, 0.29) is 23.9 Å². The van der Waals surface area contributed by atoms with E-state index in [0.29, 0.717) is 0 Å². The first-order valence-electron chi connectivity index (χ1n) is 12.7. The van der Waals surface area contributed by atoms with Gasteiger partial charge in [0.2, 0.25) is 0 Å². The quantitative estimate of drug-likeness (QED) is 0.447. The van der Waals surface area contributed by atoms with Crippen LogP contribution in [0.3, 0.4) is 0 Å². The predicted octanol–water partition coefficient (Wildman–Crippen LogP) is 6.18. The lowest BCUT2D eigenvalue weighted by Crippen LogP contribution is -2.57. The number of piperidine rings is 1. The molecule has 1 heterocycles. The topological polar surface area (TPSA) is 38.7 Å². The average molecular weight is 452 g/mol. The number of unbranched alkanes of at least 4 members (excludes halogenated alkanes) is 3. The molecule has 0 aliphatic carbocycles. The molecule has 4 heteroatoms. The van der Waals surface area contributed by atoms with Crippen molar-refractivity contribution in [2.75, 3.05) is 38.0 Å². The molecule has 0 aromatic heterocycles. The second kappa shape index (κ2) is 10.9. The zero-order chi connectivity index (χ0) is 24.2. The van der Waals surface area contributed by atoms with E-state index in [9.17, 15) is 5.11 Å². The minimum Gasteiger partial charge on any atom is -0.389 e. The van der Waals surface area contributed by atoms with Gasteiger partial charge in [0.25, 0.3) is 0 Å². The van der Waals surface area contributed by atoms with Crippen LogP contribution in [0.1, 0.15) is 76.1 Å². The summed E-state index contributed by atoms with van der Waals surface area (Å²) in [5, 5.41) is 16.2. The molecule has 0 spiro atoms. The highest BCUT2D eigenvalue weighted by molar-refractivity contribution is 5.48. The van der Waals surface area contributed by atoms with Gasteiger partial charge < -0.3 is 20.2 Å². The van der Waals surface area contributed by atoms with E-state index >= 15 is 0 Å². The molecule has 0 bridgehead atoms. The number of hydrogen-bond donors (Lipinski definition) is 2. The van der Waals surface area contributed by atoms with E-state index in [4.69, 9.17) is 0 Å². The summed E-state index contributed by atoms with van der Waals surface area (Å²) in [4.78, 5) is 4.26. The SMILES string of the molecule is CCCCCCC1(O)[C@H](C)[C@H](c2ccc(N(C)C)cc2)N[C@H](c2ccc(N(C)C)cc2)[C@@H]1C. The number of anilines is 2. The van der Waals surface area contributed by atoms with Gasteiger partial charge in [0.1, 0.15) is 0 Å². The van der Waals surface area contributed by atoms with Crippen molar-refractivity contribution in [1.29, 1.82) is 0 Å². The van der Waals surface area contributed by atoms with Gasteiger partial charge in [-0.2, -0.15) is 0 Å².